The molecule has 1 unspecified atom stereocenters. The molecule has 0 aromatic carbocycles. The van der Waals surface area contributed by atoms with Crippen LogP contribution in [0.15, 0.2) is 0 Å². The Morgan fingerprint density at radius 2 is 2.00 bits per heavy atom. The fourth-order valence-corrected chi connectivity index (χ4v) is 1.36. The Morgan fingerprint density at radius 1 is 1.36 bits per heavy atom. The maximum absolute atomic E-state index is 11.4. The standard InChI is InChI=1S/C11H24N2O/c1-4-13-8-6-5-7-10(12)11(14)9(2)3/h9-10,13H,4-8,12H2,1-3H3. The molecule has 0 aromatic rings. The van der Waals surface area contributed by atoms with E-state index in [9.17, 15) is 4.79 Å². The predicted octanol–water partition coefficient (Wildman–Crippen LogP) is 1.32. The van der Waals surface area contributed by atoms with Gasteiger partial charge in [-0.25, -0.2) is 0 Å². The molecule has 3 nitrogen and oxygen atoms in total. The minimum atomic E-state index is -0.253. The molecule has 0 aliphatic heterocycles. The van der Waals surface area contributed by atoms with E-state index < -0.39 is 0 Å². The van der Waals surface area contributed by atoms with Gasteiger partial charge in [-0.1, -0.05) is 27.2 Å². The predicted molar refractivity (Wildman–Crippen MR) is 60.2 cm³/mol. The van der Waals surface area contributed by atoms with Crippen LogP contribution in [0.25, 0.3) is 0 Å². The van der Waals surface area contributed by atoms with Gasteiger partial charge in [-0.2, -0.15) is 0 Å². The second-order valence-corrected chi connectivity index (χ2v) is 4.01. The van der Waals surface area contributed by atoms with Crippen molar-refractivity contribution in [1.29, 1.82) is 0 Å². The van der Waals surface area contributed by atoms with Gasteiger partial charge in [0.15, 0.2) is 5.78 Å². The maximum atomic E-state index is 11.4. The van der Waals surface area contributed by atoms with Crippen LogP contribution in [0.2, 0.25) is 0 Å². The summed E-state index contributed by atoms with van der Waals surface area (Å²) in [5.74, 6) is 0.257. The number of unbranched alkanes of at least 4 members (excludes halogenated alkanes) is 1. The number of hydrogen-bond acceptors (Lipinski definition) is 3. The van der Waals surface area contributed by atoms with Crippen molar-refractivity contribution in [2.24, 2.45) is 11.7 Å². The van der Waals surface area contributed by atoms with Crippen LogP contribution in [0.5, 0.6) is 0 Å². The molecule has 0 saturated heterocycles. The zero-order valence-electron chi connectivity index (χ0n) is 9.68. The van der Waals surface area contributed by atoms with Crippen LogP contribution in [0.4, 0.5) is 0 Å². The lowest BCUT2D eigenvalue weighted by Crippen LogP contribution is -2.33. The van der Waals surface area contributed by atoms with Crippen LogP contribution in [0.1, 0.15) is 40.0 Å². The molecule has 0 aliphatic carbocycles. The summed E-state index contributed by atoms with van der Waals surface area (Å²) in [4.78, 5) is 11.4. The Kier molecular flexibility index (Phi) is 7.71. The molecule has 0 fully saturated rings. The van der Waals surface area contributed by atoms with E-state index >= 15 is 0 Å². The van der Waals surface area contributed by atoms with Crippen LogP contribution in [0.3, 0.4) is 0 Å². The number of nitrogens with two attached hydrogens (primary N) is 1. The van der Waals surface area contributed by atoms with Gasteiger partial charge in [0.05, 0.1) is 6.04 Å². The Hall–Kier alpha value is -0.410. The van der Waals surface area contributed by atoms with Crippen molar-refractivity contribution in [3.05, 3.63) is 0 Å². The first kappa shape index (κ1) is 13.6. The van der Waals surface area contributed by atoms with Gasteiger partial charge in [0.1, 0.15) is 0 Å². The number of rotatable bonds is 8. The highest BCUT2D eigenvalue weighted by molar-refractivity contribution is 5.85. The van der Waals surface area contributed by atoms with Crippen molar-refractivity contribution < 1.29 is 4.79 Å². The van der Waals surface area contributed by atoms with Gasteiger partial charge in [-0.3, -0.25) is 4.79 Å². The molecule has 3 heteroatoms. The first-order valence-corrected chi connectivity index (χ1v) is 5.59. The maximum Gasteiger partial charge on any atom is 0.152 e. The van der Waals surface area contributed by atoms with E-state index in [1.807, 2.05) is 13.8 Å². The second-order valence-electron chi connectivity index (χ2n) is 4.01. The van der Waals surface area contributed by atoms with E-state index in [0.717, 1.165) is 32.4 Å². The summed E-state index contributed by atoms with van der Waals surface area (Å²) in [7, 11) is 0. The summed E-state index contributed by atoms with van der Waals surface area (Å²) in [5.41, 5.74) is 5.76. The zero-order valence-corrected chi connectivity index (χ0v) is 9.68. The normalized spacial score (nSPS) is 13.2. The quantitative estimate of drug-likeness (QED) is 0.581. The lowest BCUT2D eigenvalue weighted by Gasteiger charge is -2.12. The molecule has 0 rings (SSSR count). The molecule has 84 valence electrons. The monoisotopic (exact) mass is 200 g/mol. The topological polar surface area (TPSA) is 55.1 Å². The summed E-state index contributed by atoms with van der Waals surface area (Å²) in [5, 5.41) is 3.25. The summed E-state index contributed by atoms with van der Waals surface area (Å²) in [6.07, 6.45) is 2.96. The molecule has 1 atom stereocenters. The minimum absolute atomic E-state index is 0.0683. The molecule has 0 bridgehead atoms. The first-order valence-electron chi connectivity index (χ1n) is 5.59. The van der Waals surface area contributed by atoms with Crippen molar-refractivity contribution in [1.82, 2.24) is 5.32 Å². The first-order chi connectivity index (χ1) is 6.59. The summed E-state index contributed by atoms with van der Waals surface area (Å²) in [6.45, 7) is 7.94. The number of hydrogen-bond donors (Lipinski definition) is 2. The van der Waals surface area contributed by atoms with Crippen molar-refractivity contribution >= 4 is 5.78 Å². The molecule has 0 aliphatic rings. The number of carbonyl (C=O) groups is 1. The molecule has 0 heterocycles. The lowest BCUT2D eigenvalue weighted by atomic mass is 9.98. The molecule has 3 N–H and O–H groups in total. The van der Waals surface area contributed by atoms with Crippen LogP contribution in [-0.2, 0) is 4.79 Å². The number of nitrogens with one attached hydrogen (secondary N) is 1. The van der Waals surface area contributed by atoms with Crippen LogP contribution in [-0.4, -0.2) is 24.9 Å². The molecule has 0 saturated carbocycles. The van der Waals surface area contributed by atoms with Crippen molar-refractivity contribution in [2.45, 2.75) is 46.1 Å². The average Bonchev–Trinajstić information content (AvgIpc) is 2.16. The Morgan fingerprint density at radius 3 is 2.50 bits per heavy atom. The van der Waals surface area contributed by atoms with Crippen molar-refractivity contribution in [3.63, 3.8) is 0 Å². The highest BCUT2D eigenvalue weighted by Crippen LogP contribution is 2.05. The van der Waals surface area contributed by atoms with Gasteiger partial charge in [0.2, 0.25) is 0 Å². The van der Waals surface area contributed by atoms with E-state index in [4.69, 9.17) is 5.73 Å². The minimum Gasteiger partial charge on any atom is -0.321 e. The SMILES string of the molecule is CCNCCCCC(N)C(=O)C(C)C. The summed E-state index contributed by atoms with van der Waals surface area (Å²) in [6, 6.07) is -0.253. The molecule has 0 amide bonds. The molecule has 14 heavy (non-hydrogen) atoms. The Labute approximate surface area is 87.4 Å². The van der Waals surface area contributed by atoms with Gasteiger partial charge in [0, 0.05) is 5.92 Å². The number of carbonyl (C=O) groups excluding carboxylic acids is 1. The van der Waals surface area contributed by atoms with E-state index in [-0.39, 0.29) is 17.7 Å². The highest BCUT2D eigenvalue weighted by Gasteiger charge is 2.15. The highest BCUT2D eigenvalue weighted by atomic mass is 16.1. The van der Waals surface area contributed by atoms with Gasteiger partial charge in [-0.05, 0) is 25.9 Å². The van der Waals surface area contributed by atoms with E-state index in [1.165, 1.54) is 0 Å². The van der Waals surface area contributed by atoms with E-state index in [0.29, 0.717) is 0 Å². The van der Waals surface area contributed by atoms with Crippen molar-refractivity contribution in [2.75, 3.05) is 13.1 Å². The second kappa shape index (κ2) is 7.94. The molecular weight excluding hydrogens is 176 g/mol. The smallest absolute Gasteiger partial charge is 0.152 e. The molecule has 0 radical (unpaired) electrons. The summed E-state index contributed by atoms with van der Waals surface area (Å²) < 4.78 is 0. The van der Waals surface area contributed by atoms with Gasteiger partial charge >= 0.3 is 0 Å². The van der Waals surface area contributed by atoms with Gasteiger partial charge in [0.25, 0.3) is 0 Å². The fourth-order valence-electron chi connectivity index (χ4n) is 1.36. The average molecular weight is 200 g/mol. The molecular formula is C11H24N2O. The van der Waals surface area contributed by atoms with Crippen LogP contribution < -0.4 is 11.1 Å². The Balaban J connectivity index is 3.44. The van der Waals surface area contributed by atoms with Gasteiger partial charge < -0.3 is 11.1 Å². The third-order valence-electron chi connectivity index (χ3n) is 2.30. The lowest BCUT2D eigenvalue weighted by molar-refractivity contribution is -0.123. The molecule has 0 aromatic heterocycles. The molecule has 0 spiro atoms. The van der Waals surface area contributed by atoms with E-state index in [2.05, 4.69) is 12.2 Å². The fraction of sp³-hybridized carbons (Fsp3) is 0.909. The third kappa shape index (κ3) is 6.11. The summed E-state index contributed by atoms with van der Waals surface area (Å²) >= 11 is 0. The Bertz CT molecular complexity index is 157. The van der Waals surface area contributed by atoms with E-state index in [1.54, 1.807) is 0 Å². The number of Topliss-reactive ketones (excluding diaryl/α,β-unsaturated/α-hetero) is 1. The van der Waals surface area contributed by atoms with Crippen LogP contribution >= 0.6 is 0 Å². The zero-order chi connectivity index (χ0) is 11.0. The van der Waals surface area contributed by atoms with Crippen LogP contribution in [0, 0.1) is 5.92 Å². The third-order valence-corrected chi connectivity index (χ3v) is 2.30. The van der Waals surface area contributed by atoms with Crippen molar-refractivity contribution in [3.8, 4) is 0 Å². The number of ketones is 1. The largest absolute Gasteiger partial charge is 0.321 e. The van der Waals surface area contributed by atoms with Gasteiger partial charge in [-0.15, -0.1) is 0 Å².